The Morgan fingerprint density at radius 2 is 2.10 bits per heavy atom. The van der Waals surface area contributed by atoms with Crippen LogP contribution < -0.4 is 0 Å². The standard InChI is InChI=1S/C16H21NO4/c1-21-11-5-10-17-14(18)9-8-13(16(19)20)15(17)12-6-3-2-4-7-12/h2-4,6-7,13,15H,5,8-11H2,1H3,(H,19,20). The maximum Gasteiger partial charge on any atom is 0.308 e. The second kappa shape index (κ2) is 7.22. The minimum atomic E-state index is -0.840. The number of hydrogen-bond acceptors (Lipinski definition) is 3. The van der Waals surface area contributed by atoms with E-state index in [9.17, 15) is 14.7 Å². The highest BCUT2D eigenvalue weighted by Crippen LogP contribution is 2.36. The van der Waals surface area contributed by atoms with Gasteiger partial charge in [0.2, 0.25) is 5.91 Å². The van der Waals surface area contributed by atoms with Crippen molar-refractivity contribution in [1.29, 1.82) is 0 Å². The van der Waals surface area contributed by atoms with Crippen LogP contribution in [-0.4, -0.2) is 42.1 Å². The van der Waals surface area contributed by atoms with Gasteiger partial charge in [-0.2, -0.15) is 0 Å². The van der Waals surface area contributed by atoms with Crippen LogP contribution in [0.1, 0.15) is 30.9 Å². The van der Waals surface area contributed by atoms with Gasteiger partial charge in [-0.15, -0.1) is 0 Å². The normalized spacial score (nSPS) is 22.3. The molecule has 0 saturated carbocycles. The third-order valence-corrected chi connectivity index (χ3v) is 3.91. The van der Waals surface area contributed by atoms with Gasteiger partial charge in [-0.3, -0.25) is 9.59 Å². The van der Waals surface area contributed by atoms with Gasteiger partial charge in [0.05, 0.1) is 12.0 Å². The number of carbonyl (C=O) groups excluding carboxylic acids is 1. The summed E-state index contributed by atoms with van der Waals surface area (Å²) in [6.07, 6.45) is 1.40. The summed E-state index contributed by atoms with van der Waals surface area (Å²) < 4.78 is 5.03. The van der Waals surface area contributed by atoms with Crippen LogP contribution >= 0.6 is 0 Å². The van der Waals surface area contributed by atoms with Crippen molar-refractivity contribution in [2.45, 2.75) is 25.3 Å². The Hall–Kier alpha value is -1.88. The molecule has 1 amide bonds. The highest BCUT2D eigenvalue weighted by atomic mass is 16.5. The van der Waals surface area contributed by atoms with Crippen molar-refractivity contribution in [3.8, 4) is 0 Å². The number of methoxy groups -OCH3 is 1. The lowest BCUT2D eigenvalue weighted by atomic mass is 9.84. The van der Waals surface area contributed by atoms with E-state index in [4.69, 9.17) is 4.74 Å². The molecule has 1 fully saturated rings. The zero-order valence-corrected chi connectivity index (χ0v) is 12.2. The third kappa shape index (κ3) is 3.61. The number of hydrogen-bond donors (Lipinski definition) is 1. The van der Waals surface area contributed by atoms with Crippen LogP contribution in [0.5, 0.6) is 0 Å². The molecule has 2 atom stereocenters. The predicted octanol–water partition coefficient (Wildman–Crippen LogP) is 2.09. The molecule has 5 nitrogen and oxygen atoms in total. The number of piperidine rings is 1. The Balaban J connectivity index is 2.27. The number of carboxylic acid groups (broad SMARTS) is 1. The maximum absolute atomic E-state index is 12.2. The molecule has 1 aromatic carbocycles. The number of rotatable bonds is 6. The lowest BCUT2D eigenvalue weighted by molar-refractivity contribution is -0.152. The van der Waals surface area contributed by atoms with Crippen LogP contribution in [0.4, 0.5) is 0 Å². The molecule has 1 aliphatic heterocycles. The molecule has 0 aliphatic carbocycles. The molecule has 1 aliphatic rings. The van der Waals surface area contributed by atoms with Crippen LogP contribution in [0, 0.1) is 5.92 Å². The summed E-state index contributed by atoms with van der Waals surface area (Å²) in [5.41, 5.74) is 0.885. The monoisotopic (exact) mass is 291 g/mol. The number of aliphatic carboxylic acids is 1. The van der Waals surface area contributed by atoms with Gasteiger partial charge in [0.1, 0.15) is 0 Å². The van der Waals surface area contributed by atoms with Crippen LogP contribution in [-0.2, 0) is 14.3 Å². The van der Waals surface area contributed by atoms with Crippen molar-refractivity contribution in [1.82, 2.24) is 4.90 Å². The topological polar surface area (TPSA) is 66.8 Å². The van der Waals surface area contributed by atoms with E-state index < -0.39 is 11.9 Å². The lowest BCUT2D eigenvalue weighted by Gasteiger charge is -2.39. The number of benzene rings is 1. The second-order valence-corrected chi connectivity index (χ2v) is 5.27. The smallest absolute Gasteiger partial charge is 0.308 e. The molecule has 1 saturated heterocycles. The van der Waals surface area contributed by atoms with E-state index in [1.165, 1.54) is 0 Å². The molecule has 5 heteroatoms. The first kappa shape index (κ1) is 15.5. The Morgan fingerprint density at radius 3 is 2.71 bits per heavy atom. The second-order valence-electron chi connectivity index (χ2n) is 5.27. The molecule has 0 bridgehead atoms. The van der Waals surface area contributed by atoms with Gasteiger partial charge in [-0.05, 0) is 18.4 Å². The number of carboxylic acids is 1. The average molecular weight is 291 g/mol. The molecule has 21 heavy (non-hydrogen) atoms. The third-order valence-electron chi connectivity index (χ3n) is 3.91. The fraction of sp³-hybridized carbons (Fsp3) is 0.500. The van der Waals surface area contributed by atoms with E-state index in [2.05, 4.69) is 0 Å². The fourth-order valence-corrected chi connectivity index (χ4v) is 2.92. The number of nitrogens with zero attached hydrogens (tertiary/aromatic N) is 1. The highest BCUT2D eigenvalue weighted by molar-refractivity contribution is 5.81. The summed E-state index contributed by atoms with van der Waals surface area (Å²) in [5.74, 6) is -1.36. The summed E-state index contributed by atoms with van der Waals surface area (Å²) in [5, 5.41) is 9.48. The fourth-order valence-electron chi connectivity index (χ4n) is 2.92. The summed E-state index contributed by atoms with van der Waals surface area (Å²) in [6, 6.07) is 9.03. The van der Waals surface area contributed by atoms with Crippen molar-refractivity contribution >= 4 is 11.9 Å². The Bertz CT molecular complexity index is 488. The Labute approximate surface area is 124 Å². The van der Waals surface area contributed by atoms with Crippen molar-refractivity contribution in [3.63, 3.8) is 0 Å². The molecule has 2 rings (SSSR count). The van der Waals surface area contributed by atoms with Gasteiger partial charge in [-0.25, -0.2) is 0 Å². The zero-order chi connectivity index (χ0) is 15.2. The number of likely N-dealkylation sites (tertiary alicyclic amines) is 1. The zero-order valence-electron chi connectivity index (χ0n) is 12.2. The van der Waals surface area contributed by atoms with Gasteiger partial charge in [0.15, 0.2) is 0 Å². The SMILES string of the molecule is COCCCN1C(=O)CCC(C(=O)O)C1c1ccccc1. The van der Waals surface area contributed by atoms with Crippen LogP contribution in [0.3, 0.4) is 0 Å². The Kier molecular flexibility index (Phi) is 5.33. The lowest BCUT2D eigenvalue weighted by Crippen LogP contribution is -2.45. The van der Waals surface area contributed by atoms with Gasteiger partial charge in [0.25, 0.3) is 0 Å². The molecule has 1 N–H and O–H groups in total. The average Bonchev–Trinajstić information content (AvgIpc) is 2.49. The quantitative estimate of drug-likeness (QED) is 0.815. The largest absolute Gasteiger partial charge is 0.481 e. The van der Waals surface area contributed by atoms with Gasteiger partial charge < -0.3 is 14.7 Å². The van der Waals surface area contributed by atoms with E-state index in [0.717, 1.165) is 5.56 Å². The molecule has 2 unspecified atom stereocenters. The number of carbonyl (C=O) groups is 2. The predicted molar refractivity (Wildman–Crippen MR) is 77.7 cm³/mol. The number of ether oxygens (including phenoxy) is 1. The molecular weight excluding hydrogens is 270 g/mol. The van der Waals surface area contributed by atoms with Gasteiger partial charge in [-0.1, -0.05) is 30.3 Å². The number of amides is 1. The molecule has 0 radical (unpaired) electrons. The first-order chi connectivity index (χ1) is 10.1. The van der Waals surface area contributed by atoms with E-state index >= 15 is 0 Å². The van der Waals surface area contributed by atoms with Gasteiger partial charge >= 0.3 is 5.97 Å². The first-order valence-electron chi connectivity index (χ1n) is 7.21. The summed E-state index contributed by atoms with van der Waals surface area (Å²) in [7, 11) is 1.62. The summed E-state index contributed by atoms with van der Waals surface area (Å²) in [6.45, 7) is 1.08. The van der Waals surface area contributed by atoms with Crippen molar-refractivity contribution in [2.24, 2.45) is 5.92 Å². The highest BCUT2D eigenvalue weighted by Gasteiger charge is 2.40. The van der Waals surface area contributed by atoms with Crippen LogP contribution in [0.15, 0.2) is 30.3 Å². The molecule has 0 spiro atoms. The molecule has 114 valence electrons. The molecule has 1 aromatic rings. The summed E-state index contributed by atoms with van der Waals surface area (Å²) in [4.78, 5) is 25.5. The molecule has 0 aromatic heterocycles. The molecular formula is C16H21NO4. The van der Waals surface area contributed by atoms with Gasteiger partial charge in [0, 0.05) is 26.7 Å². The Morgan fingerprint density at radius 1 is 1.38 bits per heavy atom. The first-order valence-corrected chi connectivity index (χ1v) is 7.21. The van der Waals surface area contributed by atoms with E-state index in [-0.39, 0.29) is 11.9 Å². The van der Waals surface area contributed by atoms with Crippen LogP contribution in [0.25, 0.3) is 0 Å². The minimum absolute atomic E-state index is 0.0254. The van der Waals surface area contributed by atoms with E-state index in [1.54, 1.807) is 12.0 Å². The van der Waals surface area contributed by atoms with Crippen LogP contribution in [0.2, 0.25) is 0 Å². The molecule has 1 heterocycles. The van der Waals surface area contributed by atoms with E-state index in [1.807, 2.05) is 30.3 Å². The van der Waals surface area contributed by atoms with Crippen molar-refractivity contribution in [2.75, 3.05) is 20.3 Å². The summed E-state index contributed by atoms with van der Waals surface area (Å²) >= 11 is 0. The van der Waals surface area contributed by atoms with E-state index in [0.29, 0.717) is 32.4 Å². The minimum Gasteiger partial charge on any atom is -0.481 e. The van der Waals surface area contributed by atoms with Crippen molar-refractivity contribution < 1.29 is 19.4 Å². The van der Waals surface area contributed by atoms with Crippen molar-refractivity contribution in [3.05, 3.63) is 35.9 Å². The maximum atomic E-state index is 12.2.